The average Bonchev–Trinajstić information content (AvgIpc) is 4.07. The molecule has 0 saturated heterocycles. The van der Waals surface area contributed by atoms with Gasteiger partial charge in [-0.15, -0.1) is 11.3 Å². The van der Waals surface area contributed by atoms with Gasteiger partial charge < -0.3 is 4.57 Å². The van der Waals surface area contributed by atoms with Gasteiger partial charge in [-0.1, -0.05) is 173 Å². The maximum atomic E-state index is 5.55. The molecule has 3 heterocycles. The van der Waals surface area contributed by atoms with Crippen LogP contribution in [0.2, 0.25) is 0 Å². The second-order valence-electron chi connectivity index (χ2n) is 20.0. The lowest BCUT2D eigenvalue weighted by molar-refractivity contribution is 0.660. The molecule has 0 radical (unpaired) electrons. The third-order valence-corrected chi connectivity index (χ3v) is 17.0. The Labute approximate surface area is 397 Å². The van der Waals surface area contributed by atoms with Gasteiger partial charge >= 0.3 is 0 Å². The van der Waals surface area contributed by atoms with E-state index in [2.05, 4.69) is 220 Å². The molecule has 0 amide bonds. The highest BCUT2D eigenvalue weighted by molar-refractivity contribution is 7.27. The molecule has 0 fully saturated rings. The molecular formula is C64H43N3S. The van der Waals surface area contributed by atoms with Crippen LogP contribution in [0.4, 0.5) is 0 Å². The Bertz CT molecular complexity index is 4390. The molecule has 320 valence electrons. The summed E-state index contributed by atoms with van der Waals surface area (Å²) in [5.74, 6) is 0.743. The molecule has 15 rings (SSSR count). The second-order valence-corrected chi connectivity index (χ2v) is 21.1. The minimum atomic E-state index is -0.290. The minimum Gasteiger partial charge on any atom is -0.308 e. The summed E-state index contributed by atoms with van der Waals surface area (Å²) in [4.78, 5) is 11.0. The van der Waals surface area contributed by atoms with E-state index >= 15 is 0 Å². The van der Waals surface area contributed by atoms with Crippen LogP contribution in [0.5, 0.6) is 0 Å². The molecule has 3 aromatic heterocycles. The number of fused-ring (bicyclic) bond motifs is 19. The molecule has 0 spiro atoms. The van der Waals surface area contributed by atoms with Crippen molar-refractivity contribution in [2.75, 3.05) is 0 Å². The predicted octanol–water partition coefficient (Wildman–Crippen LogP) is 17.3. The lowest BCUT2D eigenvalue weighted by Crippen LogP contribution is -2.15. The first kappa shape index (κ1) is 38.2. The fourth-order valence-electron chi connectivity index (χ4n) is 12.5. The normalized spacial score (nSPS) is 14.4. The monoisotopic (exact) mass is 885 g/mol. The average molecular weight is 886 g/mol. The zero-order valence-electron chi connectivity index (χ0n) is 38.1. The minimum absolute atomic E-state index is 0.124. The molecule has 10 aromatic carbocycles. The summed E-state index contributed by atoms with van der Waals surface area (Å²) >= 11 is 1.91. The Morgan fingerprint density at radius 1 is 0.426 bits per heavy atom. The number of para-hydroxylation sites is 1. The Kier molecular flexibility index (Phi) is 7.51. The van der Waals surface area contributed by atoms with Crippen LogP contribution in [-0.2, 0) is 10.8 Å². The Hall–Kier alpha value is -7.92. The van der Waals surface area contributed by atoms with Gasteiger partial charge in [0.2, 0.25) is 0 Å². The number of hydrogen-bond donors (Lipinski definition) is 0. The molecule has 0 atom stereocenters. The fourth-order valence-corrected chi connectivity index (χ4v) is 13.7. The van der Waals surface area contributed by atoms with Crippen molar-refractivity contribution in [1.82, 2.24) is 14.5 Å². The van der Waals surface area contributed by atoms with Crippen molar-refractivity contribution in [3.05, 3.63) is 210 Å². The van der Waals surface area contributed by atoms with Crippen LogP contribution in [0.1, 0.15) is 49.9 Å². The zero-order valence-corrected chi connectivity index (χ0v) is 39.0. The quantitative estimate of drug-likeness (QED) is 0.166. The largest absolute Gasteiger partial charge is 0.308 e. The number of thiophene rings is 1. The summed E-state index contributed by atoms with van der Waals surface area (Å²) in [6.07, 6.45) is 0. The van der Waals surface area contributed by atoms with Crippen LogP contribution < -0.4 is 0 Å². The third-order valence-electron chi connectivity index (χ3n) is 15.8. The number of aromatic nitrogens is 3. The van der Waals surface area contributed by atoms with Crippen molar-refractivity contribution < 1.29 is 0 Å². The van der Waals surface area contributed by atoms with Gasteiger partial charge in [-0.05, 0) is 103 Å². The van der Waals surface area contributed by atoms with Crippen molar-refractivity contribution in [3.63, 3.8) is 0 Å². The van der Waals surface area contributed by atoms with Gasteiger partial charge in [-0.3, -0.25) is 0 Å². The molecular weight excluding hydrogens is 843 g/mol. The van der Waals surface area contributed by atoms with Crippen LogP contribution >= 0.6 is 11.3 Å². The van der Waals surface area contributed by atoms with Crippen molar-refractivity contribution in [1.29, 1.82) is 0 Å². The van der Waals surface area contributed by atoms with Crippen molar-refractivity contribution in [2.45, 2.75) is 38.5 Å². The van der Waals surface area contributed by atoms with Crippen LogP contribution in [0.15, 0.2) is 188 Å². The van der Waals surface area contributed by atoms with Gasteiger partial charge in [0.05, 0.1) is 26.9 Å². The van der Waals surface area contributed by atoms with Gasteiger partial charge in [-0.2, -0.15) is 0 Å². The summed E-state index contributed by atoms with van der Waals surface area (Å²) < 4.78 is 5.20. The lowest BCUT2D eigenvalue weighted by atomic mass is 9.81. The van der Waals surface area contributed by atoms with Crippen molar-refractivity contribution in [3.8, 4) is 50.6 Å². The second kappa shape index (κ2) is 13.4. The standard InChI is InChI=1S/C64H43N3S/c1-63(2)50-22-12-9-17-41(50)42-29-26-37(33-51(42)63)58-49-31-25-36-15-5-6-16-40(36)59(49)66-62(65-58)38-27-30-43-44-32-28-39(35-53(44)64(3,4)52(43)34-38)67-54-23-13-10-20-47(54)56-45-18-7-8-19-46(45)57-48-21-11-14-24-55(48)68-61(57)60(56)67/h5-35H,1-4H3. The van der Waals surface area contributed by atoms with E-state index in [-0.39, 0.29) is 10.8 Å². The molecule has 2 aliphatic carbocycles. The Morgan fingerprint density at radius 2 is 1.01 bits per heavy atom. The van der Waals surface area contributed by atoms with E-state index in [0.29, 0.717) is 0 Å². The molecule has 0 unspecified atom stereocenters. The van der Waals surface area contributed by atoms with Crippen LogP contribution in [0.3, 0.4) is 0 Å². The summed E-state index contributed by atoms with van der Waals surface area (Å²) in [6.45, 7) is 9.47. The zero-order chi connectivity index (χ0) is 45.2. The van der Waals surface area contributed by atoms with E-state index < -0.39 is 0 Å². The van der Waals surface area contributed by atoms with Gasteiger partial charge in [0.25, 0.3) is 0 Å². The van der Waals surface area contributed by atoms with Crippen LogP contribution in [-0.4, -0.2) is 14.5 Å². The van der Waals surface area contributed by atoms with Gasteiger partial charge in [0.1, 0.15) is 0 Å². The van der Waals surface area contributed by atoms with Gasteiger partial charge in [-0.25, -0.2) is 9.97 Å². The van der Waals surface area contributed by atoms with Crippen LogP contribution in [0, 0.1) is 0 Å². The number of hydrogen-bond acceptors (Lipinski definition) is 3. The van der Waals surface area contributed by atoms with Gasteiger partial charge in [0, 0.05) is 64.7 Å². The number of benzene rings is 10. The highest BCUT2D eigenvalue weighted by Crippen LogP contribution is 2.53. The first-order valence-corrected chi connectivity index (χ1v) is 24.6. The van der Waals surface area contributed by atoms with E-state index in [9.17, 15) is 0 Å². The number of rotatable bonds is 3. The molecule has 3 nitrogen and oxygen atoms in total. The van der Waals surface area contributed by atoms with E-state index in [1.54, 1.807) is 0 Å². The highest BCUT2D eigenvalue weighted by Gasteiger charge is 2.38. The molecule has 0 N–H and O–H groups in total. The maximum absolute atomic E-state index is 5.55. The van der Waals surface area contributed by atoms with E-state index in [1.165, 1.54) is 108 Å². The summed E-state index contributed by atoms with van der Waals surface area (Å²) in [6, 6.07) is 69.9. The molecule has 4 heteroatoms. The predicted molar refractivity (Wildman–Crippen MR) is 288 cm³/mol. The first-order valence-electron chi connectivity index (χ1n) is 23.7. The summed E-state index contributed by atoms with van der Waals surface area (Å²) in [7, 11) is 0. The molecule has 2 aliphatic rings. The maximum Gasteiger partial charge on any atom is 0.160 e. The highest BCUT2D eigenvalue weighted by atomic mass is 32.1. The van der Waals surface area contributed by atoms with Gasteiger partial charge in [0.15, 0.2) is 5.82 Å². The van der Waals surface area contributed by atoms with Crippen molar-refractivity contribution >= 4 is 85.8 Å². The third kappa shape index (κ3) is 4.97. The Morgan fingerprint density at radius 3 is 1.82 bits per heavy atom. The molecule has 0 bridgehead atoms. The smallest absolute Gasteiger partial charge is 0.160 e. The lowest BCUT2D eigenvalue weighted by Gasteiger charge is -2.23. The summed E-state index contributed by atoms with van der Waals surface area (Å²) in [5.41, 5.74) is 17.9. The molecule has 0 saturated carbocycles. The number of nitrogens with zero attached hydrogens (tertiary/aromatic N) is 3. The molecule has 68 heavy (non-hydrogen) atoms. The van der Waals surface area contributed by atoms with E-state index in [0.717, 1.165) is 38.9 Å². The fraction of sp³-hybridized carbons (Fsp3) is 0.0938. The molecule has 0 aliphatic heterocycles. The topological polar surface area (TPSA) is 30.7 Å². The molecule has 13 aromatic rings. The summed E-state index contributed by atoms with van der Waals surface area (Å²) in [5, 5.41) is 11.2. The van der Waals surface area contributed by atoms with E-state index in [1.807, 2.05) is 11.3 Å². The van der Waals surface area contributed by atoms with Crippen molar-refractivity contribution in [2.24, 2.45) is 0 Å². The van der Waals surface area contributed by atoms with Crippen LogP contribution in [0.25, 0.3) is 125 Å². The first-order chi connectivity index (χ1) is 33.2. The Balaban J connectivity index is 0.909. The SMILES string of the molecule is CC1(C)c2ccccc2-c2ccc(-c3nc(-c4ccc5c(c4)C(C)(C)c4cc(-n6c7ccccc7c7c8ccccc8c8c9ccccc9sc8c76)ccc4-5)nc4c3ccc3ccccc34)cc21. The van der Waals surface area contributed by atoms with E-state index in [4.69, 9.17) is 9.97 Å².